The number of hydrogen-bond donors (Lipinski definition) is 2. The summed E-state index contributed by atoms with van der Waals surface area (Å²) in [5, 5.41) is 15.1. The van der Waals surface area contributed by atoms with Gasteiger partial charge in [0, 0.05) is 26.1 Å². The van der Waals surface area contributed by atoms with E-state index in [0.29, 0.717) is 13.3 Å². The molecule has 9 heteroatoms. The molecular formula is C18H25IN6O2. The van der Waals surface area contributed by atoms with Crippen molar-refractivity contribution < 1.29 is 9.47 Å². The zero-order valence-electron chi connectivity index (χ0n) is 15.4. The average Bonchev–Trinajstić information content (AvgIpc) is 3.36. The van der Waals surface area contributed by atoms with Crippen LogP contribution in [0.2, 0.25) is 0 Å². The van der Waals surface area contributed by atoms with Gasteiger partial charge in [-0.05, 0) is 37.5 Å². The normalized spacial score (nSPS) is 14.6. The lowest BCUT2D eigenvalue weighted by Crippen LogP contribution is -2.38. The SMILES string of the molecule is CCNC(=NCc1nnc2n1CCC2)NCCc1ccc2c(c1)OCO2.I. The quantitative estimate of drug-likeness (QED) is 0.370. The van der Waals surface area contributed by atoms with Gasteiger partial charge in [0.15, 0.2) is 23.3 Å². The van der Waals surface area contributed by atoms with Crippen LogP contribution in [0.25, 0.3) is 0 Å². The van der Waals surface area contributed by atoms with Crippen LogP contribution in [0, 0.1) is 0 Å². The number of fused-ring (bicyclic) bond motifs is 2. The number of nitrogens with zero attached hydrogens (tertiary/aromatic N) is 4. The predicted octanol–water partition coefficient (Wildman–Crippen LogP) is 1.87. The first-order valence-corrected chi connectivity index (χ1v) is 9.15. The topological polar surface area (TPSA) is 85.6 Å². The lowest BCUT2D eigenvalue weighted by atomic mass is 10.1. The first kappa shape index (κ1) is 19.7. The van der Waals surface area contributed by atoms with Crippen LogP contribution in [0.1, 0.15) is 30.6 Å². The maximum atomic E-state index is 5.43. The van der Waals surface area contributed by atoms with Crippen molar-refractivity contribution in [1.82, 2.24) is 25.4 Å². The molecule has 27 heavy (non-hydrogen) atoms. The number of rotatable bonds is 6. The summed E-state index contributed by atoms with van der Waals surface area (Å²) < 4.78 is 13.0. The number of nitrogens with one attached hydrogen (secondary N) is 2. The van der Waals surface area contributed by atoms with Crippen LogP contribution in [0.15, 0.2) is 23.2 Å². The van der Waals surface area contributed by atoms with E-state index < -0.39 is 0 Å². The van der Waals surface area contributed by atoms with Crippen molar-refractivity contribution in [2.24, 2.45) is 4.99 Å². The van der Waals surface area contributed by atoms with Crippen molar-refractivity contribution in [3.05, 3.63) is 35.4 Å². The fourth-order valence-electron chi connectivity index (χ4n) is 3.24. The second-order valence-corrected chi connectivity index (χ2v) is 6.35. The molecule has 2 N–H and O–H groups in total. The van der Waals surface area contributed by atoms with Crippen molar-refractivity contribution in [3.63, 3.8) is 0 Å². The molecule has 4 rings (SSSR count). The van der Waals surface area contributed by atoms with Gasteiger partial charge in [0.2, 0.25) is 6.79 Å². The van der Waals surface area contributed by atoms with E-state index in [2.05, 4.69) is 43.4 Å². The Balaban J connectivity index is 0.00000210. The van der Waals surface area contributed by atoms with Gasteiger partial charge in [0.25, 0.3) is 0 Å². The third-order valence-electron chi connectivity index (χ3n) is 4.55. The van der Waals surface area contributed by atoms with Gasteiger partial charge < -0.3 is 24.7 Å². The number of guanidine groups is 1. The molecule has 0 fully saturated rings. The van der Waals surface area contributed by atoms with Crippen LogP contribution in [0.4, 0.5) is 0 Å². The highest BCUT2D eigenvalue weighted by Crippen LogP contribution is 2.32. The predicted molar refractivity (Wildman–Crippen MR) is 113 cm³/mol. The van der Waals surface area contributed by atoms with E-state index in [1.807, 2.05) is 12.1 Å². The van der Waals surface area contributed by atoms with E-state index in [9.17, 15) is 0 Å². The molecule has 0 saturated heterocycles. The Morgan fingerprint density at radius 3 is 3.00 bits per heavy atom. The van der Waals surface area contributed by atoms with Crippen molar-refractivity contribution in [2.45, 2.75) is 39.3 Å². The molecule has 0 spiro atoms. The van der Waals surface area contributed by atoms with E-state index in [-0.39, 0.29) is 24.0 Å². The Morgan fingerprint density at radius 1 is 1.22 bits per heavy atom. The van der Waals surface area contributed by atoms with Crippen LogP contribution in [0.3, 0.4) is 0 Å². The number of aromatic nitrogens is 3. The van der Waals surface area contributed by atoms with E-state index in [0.717, 1.165) is 68.0 Å². The van der Waals surface area contributed by atoms with Gasteiger partial charge in [-0.3, -0.25) is 0 Å². The molecule has 146 valence electrons. The molecule has 1 aromatic heterocycles. The molecule has 3 heterocycles. The van der Waals surface area contributed by atoms with E-state index >= 15 is 0 Å². The summed E-state index contributed by atoms with van der Waals surface area (Å²) in [6.45, 7) is 5.50. The number of aliphatic imine (C=N–C) groups is 1. The minimum atomic E-state index is 0. The third-order valence-corrected chi connectivity index (χ3v) is 4.55. The minimum Gasteiger partial charge on any atom is -0.454 e. The minimum absolute atomic E-state index is 0. The lowest BCUT2D eigenvalue weighted by molar-refractivity contribution is 0.174. The molecule has 8 nitrogen and oxygen atoms in total. The van der Waals surface area contributed by atoms with Crippen molar-refractivity contribution >= 4 is 29.9 Å². The number of ether oxygens (including phenoxy) is 2. The average molecular weight is 484 g/mol. The molecule has 2 aromatic rings. The van der Waals surface area contributed by atoms with Crippen LogP contribution in [0.5, 0.6) is 11.5 Å². The Bertz CT molecular complexity index is 807. The summed E-state index contributed by atoms with van der Waals surface area (Å²) in [6.07, 6.45) is 3.04. The van der Waals surface area contributed by atoms with Gasteiger partial charge in [-0.15, -0.1) is 34.2 Å². The number of hydrogen-bond acceptors (Lipinski definition) is 5. The monoisotopic (exact) mass is 484 g/mol. The zero-order chi connectivity index (χ0) is 17.8. The van der Waals surface area contributed by atoms with Gasteiger partial charge in [0.05, 0.1) is 0 Å². The summed E-state index contributed by atoms with van der Waals surface area (Å²) in [5.74, 6) is 4.45. The molecule has 2 aliphatic rings. The smallest absolute Gasteiger partial charge is 0.231 e. The maximum absolute atomic E-state index is 5.43. The van der Waals surface area contributed by atoms with Crippen LogP contribution >= 0.6 is 24.0 Å². The highest BCUT2D eigenvalue weighted by Gasteiger charge is 2.17. The molecule has 0 radical (unpaired) electrons. The van der Waals surface area contributed by atoms with Crippen LogP contribution in [-0.4, -0.2) is 40.6 Å². The molecular weight excluding hydrogens is 459 g/mol. The van der Waals surface area contributed by atoms with Crippen molar-refractivity contribution in [3.8, 4) is 11.5 Å². The summed E-state index contributed by atoms with van der Waals surface area (Å²) in [5.41, 5.74) is 1.20. The lowest BCUT2D eigenvalue weighted by Gasteiger charge is -2.11. The summed E-state index contributed by atoms with van der Waals surface area (Å²) >= 11 is 0. The zero-order valence-corrected chi connectivity index (χ0v) is 17.7. The largest absolute Gasteiger partial charge is 0.454 e. The fourth-order valence-corrected chi connectivity index (χ4v) is 3.24. The summed E-state index contributed by atoms with van der Waals surface area (Å²) in [7, 11) is 0. The van der Waals surface area contributed by atoms with Gasteiger partial charge in [-0.1, -0.05) is 6.07 Å². The van der Waals surface area contributed by atoms with Crippen LogP contribution in [-0.2, 0) is 25.9 Å². The van der Waals surface area contributed by atoms with E-state index in [1.165, 1.54) is 5.56 Å². The molecule has 1 aromatic carbocycles. The fraction of sp³-hybridized carbons (Fsp3) is 0.500. The molecule has 2 aliphatic heterocycles. The molecule has 0 atom stereocenters. The number of benzene rings is 1. The second-order valence-electron chi connectivity index (χ2n) is 6.35. The van der Waals surface area contributed by atoms with Crippen LogP contribution < -0.4 is 20.1 Å². The Hall–Kier alpha value is -2.04. The molecule has 0 amide bonds. The second kappa shape index (κ2) is 9.25. The highest BCUT2D eigenvalue weighted by molar-refractivity contribution is 14.0. The van der Waals surface area contributed by atoms with Crippen molar-refractivity contribution in [1.29, 1.82) is 0 Å². The van der Waals surface area contributed by atoms with Crippen molar-refractivity contribution in [2.75, 3.05) is 19.9 Å². The Morgan fingerprint density at radius 2 is 2.11 bits per heavy atom. The third kappa shape index (κ3) is 4.63. The Labute approximate surface area is 175 Å². The molecule has 0 unspecified atom stereocenters. The van der Waals surface area contributed by atoms with Gasteiger partial charge >= 0.3 is 0 Å². The number of aryl methyl sites for hydroxylation is 1. The van der Waals surface area contributed by atoms with Gasteiger partial charge in [0.1, 0.15) is 12.4 Å². The highest BCUT2D eigenvalue weighted by atomic mass is 127. The van der Waals surface area contributed by atoms with E-state index in [1.54, 1.807) is 0 Å². The molecule has 0 saturated carbocycles. The van der Waals surface area contributed by atoms with Gasteiger partial charge in [-0.2, -0.15) is 0 Å². The maximum Gasteiger partial charge on any atom is 0.231 e. The summed E-state index contributed by atoms with van der Waals surface area (Å²) in [6, 6.07) is 6.06. The number of halogens is 1. The molecule has 0 bridgehead atoms. The van der Waals surface area contributed by atoms with Gasteiger partial charge in [-0.25, -0.2) is 4.99 Å². The van der Waals surface area contributed by atoms with E-state index in [4.69, 9.17) is 9.47 Å². The first-order valence-electron chi connectivity index (χ1n) is 9.15. The Kier molecular flexibility index (Phi) is 6.75. The summed E-state index contributed by atoms with van der Waals surface area (Å²) in [4.78, 5) is 4.65. The molecule has 0 aliphatic carbocycles. The standard InChI is InChI=1S/C18H24N6O2.HI/c1-2-19-18(21-11-17-23-22-16-4-3-9-24(16)17)20-8-7-13-5-6-14-15(10-13)26-12-25-14;/h5-6,10H,2-4,7-9,11-12H2,1H3,(H2,19,20,21);1H. The first-order chi connectivity index (χ1) is 12.8.